The first-order valence-electron chi connectivity index (χ1n) is 8.66. The van der Waals surface area contributed by atoms with E-state index in [1.807, 2.05) is 49.7 Å². The number of hydrogen-bond donors (Lipinski definition) is 1. The van der Waals surface area contributed by atoms with Gasteiger partial charge in [-0.3, -0.25) is 14.5 Å². The summed E-state index contributed by atoms with van der Waals surface area (Å²) in [5, 5.41) is 7.30. The van der Waals surface area contributed by atoms with Crippen molar-refractivity contribution in [2.75, 3.05) is 16.8 Å². The minimum absolute atomic E-state index is 0.0306. The lowest BCUT2D eigenvalue weighted by atomic mass is 10.1. The maximum absolute atomic E-state index is 12.6. The summed E-state index contributed by atoms with van der Waals surface area (Å²) in [6.45, 7) is 7.38. The van der Waals surface area contributed by atoms with Crippen LogP contribution >= 0.6 is 0 Å². The number of fused-ring (bicyclic) bond motifs is 1. The zero-order valence-electron chi connectivity index (χ0n) is 15.0. The van der Waals surface area contributed by atoms with Crippen LogP contribution in [0.2, 0.25) is 0 Å². The molecule has 0 radical (unpaired) electrons. The normalized spacial score (nSPS) is 13.5. The monoisotopic (exact) mass is 340 g/mol. The van der Waals surface area contributed by atoms with Crippen molar-refractivity contribution in [1.29, 1.82) is 0 Å². The topological polar surface area (TPSA) is 67.2 Å². The molecule has 0 spiro atoms. The van der Waals surface area contributed by atoms with Crippen LogP contribution in [0.1, 0.15) is 36.1 Å². The Kier molecular flexibility index (Phi) is 4.88. The number of hydrogen-bond acceptors (Lipinski definition) is 3. The van der Waals surface area contributed by atoms with Crippen LogP contribution in [-0.4, -0.2) is 28.1 Å². The molecule has 2 amide bonds. The quantitative estimate of drug-likeness (QED) is 0.930. The van der Waals surface area contributed by atoms with Crippen LogP contribution in [0, 0.1) is 20.8 Å². The van der Waals surface area contributed by atoms with Gasteiger partial charge in [0.25, 0.3) is 0 Å². The number of benzene rings is 1. The van der Waals surface area contributed by atoms with Gasteiger partial charge in [-0.2, -0.15) is 5.10 Å². The number of carbonyl (C=O) groups is 2. The average molecular weight is 340 g/mol. The van der Waals surface area contributed by atoms with Crippen molar-refractivity contribution in [3.8, 4) is 0 Å². The molecule has 2 heterocycles. The third-order valence-corrected chi connectivity index (χ3v) is 4.44. The van der Waals surface area contributed by atoms with Crippen LogP contribution in [0.5, 0.6) is 0 Å². The third-order valence-electron chi connectivity index (χ3n) is 4.44. The summed E-state index contributed by atoms with van der Waals surface area (Å²) in [6, 6.07) is 7.86. The molecule has 3 rings (SSSR count). The van der Waals surface area contributed by atoms with Crippen LogP contribution in [0.25, 0.3) is 0 Å². The molecule has 0 fully saturated rings. The second-order valence-electron chi connectivity index (χ2n) is 6.63. The maximum atomic E-state index is 12.6. The van der Waals surface area contributed by atoms with E-state index >= 15 is 0 Å². The van der Waals surface area contributed by atoms with E-state index in [1.54, 1.807) is 4.90 Å². The fourth-order valence-electron chi connectivity index (χ4n) is 3.10. The smallest absolute Gasteiger partial charge is 0.228 e. The zero-order chi connectivity index (χ0) is 18.0. The van der Waals surface area contributed by atoms with Crippen molar-refractivity contribution < 1.29 is 9.59 Å². The SMILES string of the molecule is Cc1ccc(C)c(NC(=O)CCC(=O)N2CCCn3nc(C)cc32)c1. The highest BCUT2D eigenvalue weighted by Crippen LogP contribution is 2.23. The largest absolute Gasteiger partial charge is 0.326 e. The molecule has 0 atom stereocenters. The number of aromatic nitrogens is 2. The summed E-state index contributed by atoms with van der Waals surface area (Å²) in [6.07, 6.45) is 1.26. The third kappa shape index (κ3) is 3.90. The molecule has 25 heavy (non-hydrogen) atoms. The van der Waals surface area contributed by atoms with Crippen LogP contribution in [-0.2, 0) is 16.1 Å². The standard InChI is InChI=1S/C19H24N4O2/c1-13-5-6-14(2)16(11-13)20-17(24)7-8-19(25)22-9-4-10-23-18(22)12-15(3)21-23/h5-6,11-12H,4,7-10H2,1-3H3,(H,20,24). The Morgan fingerprint density at radius 1 is 1.12 bits per heavy atom. The Morgan fingerprint density at radius 3 is 2.72 bits per heavy atom. The number of aryl methyl sites for hydroxylation is 4. The van der Waals surface area contributed by atoms with Crippen molar-refractivity contribution in [1.82, 2.24) is 9.78 Å². The predicted octanol–water partition coefficient (Wildman–Crippen LogP) is 2.96. The van der Waals surface area contributed by atoms with Crippen LogP contribution < -0.4 is 10.2 Å². The number of rotatable bonds is 4. The van der Waals surface area contributed by atoms with Gasteiger partial charge in [-0.05, 0) is 44.4 Å². The van der Waals surface area contributed by atoms with E-state index in [1.165, 1.54) is 0 Å². The fraction of sp³-hybridized carbons (Fsp3) is 0.421. The Morgan fingerprint density at radius 2 is 1.92 bits per heavy atom. The number of nitrogens with zero attached hydrogens (tertiary/aromatic N) is 3. The van der Waals surface area contributed by atoms with Crippen LogP contribution in [0.4, 0.5) is 11.5 Å². The Labute approximate surface area is 147 Å². The number of carbonyl (C=O) groups excluding carboxylic acids is 2. The van der Waals surface area contributed by atoms with E-state index in [2.05, 4.69) is 10.4 Å². The molecular weight excluding hydrogens is 316 g/mol. The molecule has 0 saturated heterocycles. The second kappa shape index (κ2) is 7.09. The predicted molar refractivity (Wildman–Crippen MR) is 97.7 cm³/mol. The van der Waals surface area contributed by atoms with Crippen molar-refractivity contribution in [3.63, 3.8) is 0 Å². The molecule has 2 aromatic rings. The number of amides is 2. The molecular formula is C19H24N4O2. The molecule has 0 saturated carbocycles. The summed E-state index contributed by atoms with van der Waals surface area (Å²) >= 11 is 0. The van der Waals surface area contributed by atoms with Gasteiger partial charge in [0.2, 0.25) is 11.8 Å². The molecule has 6 nitrogen and oxygen atoms in total. The zero-order valence-corrected chi connectivity index (χ0v) is 15.0. The van der Waals surface area contributed by atoms with E-state index in [4.69, 9.17) is 0 Å². The summed E-state index contributed by atoms with van der Waals surface area (Å²) in [5.41, 5.74) is 3.82. The van der Waals surface area contributed by atoms with Gasteiger partial charge < -0.3 is 5.32 Å². The molecule has 0 bridgehead atoms. The van der Waals surface area contributed by atoms with E-state index in [0.29, 0.717) is 6.54 Å². The highest BCUT2D eigenvalue weighted by molar-refractivity contribution is 5.98. The Balaban J connectivity index is 1.59. The summed E-state index contributed by atoms with van der Waals surface area (Å²) in [4.78, 5) is 26.5. The van der Waals surface area contributed by atoms with Gasteiger partial charge in [-0.25, -0.2) is 4.68 Å². The number of nitrogens with one attached hydrogen (secondary N) is 1. The summed E-state index contributed by atoms with van der Waals surface area (Å²) in [7, 11) is 0. The van der Waals surface area contributed by atoms with E-state index in [9.17, 15) is 9.59 Å². The lowest BCUT2D eigenvalue weighted by molar-refractivity contribution is -0.122. The average Bonchev–Trinajstić information content (AvgIpc) is 2.96. The van der Waals surface area contributed by atoms with Crippen molar-refractivity contribution in [2.24, 2.45) is 0 Å². The minimum Gasteiger partial charge on any atom is -0.326 e. The summed E-state index contributed by atoms with van der Waals surface area (Å²) < 4.78 is 1.87. The lowest BCUT2D eigenvalue weighted by Gasteiger charge is -2.27. The molecule has 1 aliphatic rings. The van der Waals surface area contributed by atoms with Gasteiger partial charge in [0.15, 0.2) is 0 Å². The molecule has 0 unspecified atom stereocenters. The van der Waals surface area contributed by atoms with Gasteiger partial charge in [-0.1, -0.05) is 12.1 Å². The first-order valence-corrected chi connectivity index (χ1v) is 8.66. The van der Waals surface area contributed by atoms with E-state index in [-0.39, 0.29) is 24.7 Å². The molecule has 1 N–H and O–H groups in total. The Bertz CT molecular complexity index is 810. The first kappa shape index (κ1) is 17.2. The lowest BCUT2D eigenvalue weighted by Crippen LogP contribution is -2.37. The Hall–Kier alpha value is -2.63. The highest BCUT2D eigenvalue weighted by atomic mass is 16.2. The van der Waals surface area contributed by atoms with Crippen molar-refractivity contribution >= 4 is 23.3 Å². The van der Waals surface area contributed by atoms with Crippen molar-refractivity contribution in [3.05, 3.63) is 41.1 Å². The minimum atomic E-state index is -0.135. The molecule has 1 aromatic carbocycles. The first-order chi connectivity index (χ1) is 11.9. The number of anilines is 2. The van der Waals surface area contributed by atoms with E-state index in [0.717, 1.165) is 41.3 Å². The molecule has 6 heteroatoms. The fourth-order valence-corrected chi connectivity index (χ4v) is 3.10. The van der Waals surface area contributed by atoms with Gasteiger partial charge in [-0.15, -0.1) is 0 Å². The van der Waals surface area contributed by atoms with Gasteiger partial charge in [0.05, 0.1) is 5.69 Å². The van der Waals surface area contributed by atoms with Crippen LogP contribution in [0.15, 0.2) is 24.3 Å². The second-order valence-corrected chi connectivity index (χ2v) is 6.63. The molecule has 1 aliphatic heterocycles. The summed E-state index contributed by atoms with van der Waals surface area (Å²) in [5.74, 6) is 0.671. The van der Waals surface area contributed by atoms with Gasteiger partial charge in [0, 0.05) is 37.7 Å². The maximum Gasteiger partial charge on any atom is 0.228 e. The van der Waals surface area contributed by atoms with E-state index < -0.39 is 0 Å². The van der Waals surface area contributed by atoms with Crippen molar-refractivity contribution in [2.45, 2.75) is 46.6 Å². The van der Waals surface area contributed by atoms with Gasteiger partial charge in [0.1, 0.15) is 5.82 Å². The molecule has 132 valence electrons. The van der Waals surface area contributed by atoms with Crippen LogP contribution in [0.3, 0.4) is 0 Å². The molecule has 0 aliphatic carbocycles. The highest BCUT2D eigenvalue weighted by Gasteiger charge is 2.24. The van der Waals surface area contributed by atoms with Gasteiger partial charge >= 0.3 is 0 Å². The molecule has 1 aromatic heterocycles.